The number of likely N-dealkylation sites (tertiary alicyclic amines) is 2. The molecule has 0 radical (unpaired) electrons. The summed E-state index contributed by atoms with van der Waals surface area (Å²) in [7, 11) is 0. The van der Waals surface area contributed by atoms with Crippen LogP contribution in [-0.2, 0) is 4.79 Å². The van der Waals surface area contributed by atoms with Crippen LogP contribution >= 0.6 is 0 Å². The molecule has 124 valence electrons. The SMILES string of the molecule is O=C(Nc1ccc(F)cc1)C1CCCN(C(=O)N2CCCC2)C1. The second kappa shape index (κ2) is 6.98. The van der Waals surface area contributed by atoms with Crippen LogP contribution in [0, 0.1) is 11.7 Å². The molecular weight excluding hydrogens is 297 g/mol. The first-order chi connectivity index (χ1) is 11.1. The van der Waals surface area contributed by atoms with Crippen LogP contribution in [0.15, 0.2) is 24.3 Å². The summed E-state index contributed by atoms with van der Waals surface area (Å²) in [5, 5.41) is 2.81. The monoisotopic (exact) mass is 319 g/mol. The first-order valence-electron chi connectivity index (χ1n) is 8.24. The number of amides is 3. The lowest BCUT2D eigenvalue weighted by Gasteiger charge is -2.34. The van der Waals surface area contributed by atoms with E-state index in [0.29, 0.717) is 12.2 Å². The van der Waals surface area contributed by atoms with Gasteiger partial charge in [0, 0.05) is 31.9 Å². The molecule has 2 saturated heterocycles. The topological polar surface area (TPSA) is 52.7 Å². The van der Waals surface area contributed by atoms with E-state index in [1.54, 1.807) is 17.0 Å². The number of carbonyl (C=O) groups is 2. The third-order valence-electron chi connectivity index (χ3n) is 4.55. The van der Waals surface area contributed by atoms with E-state index < -0.39 is 0 Å². The summed E-state index contributed by atoms with van der Waals surface area (Å²) in [6.45, 7) is 2.82. The third kappa shape index (κ3) is 3.81. The van der Waals surface area contributed by atoms with Crippen LogP contribution in [0.2, 0.25) is 0 Å². The Balaban J connectivity index is 1.57. The number of rotatable bonds is 2. The average Bonchev–Trinajstić information content (AvgIpc) is 3.11. The van der Waals surface area contributed by atoms with Crippen molar-refractivity contribution >= 4 is 17.6 Å². The molecule has 1 N–H and O–H groups in total. The first-order valence-corrected chi connectivity index (χ1v) is 8.24. The number of benzene rings is 1. The second-order valence-corrected chi connectivity index (χ2v) is 6.26. The highest BCUT2D eigenvalue weighted by Crippen LogP contribution is 2.21. The van der Waals surface area contributed by atoms with Crippen LogP contribution in [0.3, 0.4) is 0 Å². The van der Waals surface area contributed by atoms with Crippen molar-refractivity contribution in [3.8, 4) is 0 Å². The minimum atomic E-state index is -0.331. The van der Waals surface area contributed by atoms with Gasteiger partial charge in [0.05, 0.1) is 5.92 Å². The van der Waals surface area contributed by atoms with E-state index >= 15 is 0 Å². The number of hydrogen-bond donors (Lipinski definition) is 1. The smallest absolute Gasteiger partial charge is 0.320 e. The molecule has 0 bridgehead atoms. The molecule has 3 amide bonds. The number of halogens is 1. The first kappa shape index (κ1) is 15.8. The Morgan fingerprint density at radius 2 is 1.65 bits per heavy atom. The van der Waals surface area contributed by atoms with Crippen LogP contribution in [0.1, 0.15) is 25.7 Å². The normalized spacial score (nSPS) is 21.3. The highest BCUT2D eigenvalue weighted by molar-refractivity contribution is 5.93. The number of hydrogen-bond acceptors (Lipinski definition) is 2. The summed E-state index contributed by atoms with van der Waals surface area (Å²) in [4.78, 5) is 28.5. The van der Waals surface area contributed by atoms with E-state index in [1.165, 1.54) is 12.1 Å². The van der Waals surface area contributed by atoms with Crippen LogP contribution in [0.25, 0.3) is 0 Å². The molecule has 6 heteroatoms. The van der Waals surface area contributed by atoms with Crippen LogP contribution in [0.4, 0.5) is 14.9 Å². The zero-order valence-electron chi connectivity index (χ0n) is 13.1. The van der Waals surface area contributed by atoms with Crippen molar-refractivity contribution in [2.75, 3.05) is 31.5 Å². The van der Waals surface area contributed by atoms with E-state index in [1.807, 2.05) is 4.90 Å². The molecule has 5 nitrogen and oxygen atoms in total. The summed E-state index contributed by atoms with van der Waals surface area (Å²) >= 11 is 0. The summed E-state index contributed by atoms with van der Waals surface area (Å²) in [6, 6.07) is 5.79. The van der Waals surface area contributed by atoms with Crippen molar-refractivity contribution in [3.63, 3.8) is 0 Å². The maximum absolute atomic E-state index is 12.9. The fourth-order valence-corrected chi connectivity index (χ4v) is 3.25. The van der Waals surface area contributed by atoms with E-state index in [0.717, 1.165) is 45.3 Å². The zero-order valence-corrected chi connectivity index (χ0v) is 13.1. The maximum Gasteiger partial charge on any atom is 0.320 e. The molecule has 2 aliphatic heterocycles. The van der Waals surface area contributed by atoms with Crippen LogP contribution < -0.4 is 5.32 Å². The van der Waals surface area contributed by atoms with Gasteiger partial charge in [-0.2, -0.15) is 0 Å². The van der Waals surface area contributed by atoms with E-state index in [-0.39, 0.29) is 23.7 Å². The predicted octanol–water partition coefficient (Wildman–Crippen LogP) is 2.69. The zero-order chi connectivity index (χ0) is 16.2. The van der Waals surface area contributed by atoms with Crippen LogP contribution in [0.5, 0.6) is 0 Å². The minimum Gasteiger partial charge on any atom is -0.326 e. The lowest BCUT2D eigenvalue weighted by molar-refractivity contribution is -0.121. The van der Waals surface area contributed by atoms with Gasteiger partial charge in [-0.05, 0) is 49.9 Å². The van der Waals surface area contributed by atoms with Gasteiger partial charge < -0.3 is 15.1 Å². The highest BCUT2D eigenvalue weighted by atomic mass is 19.1. The fraction of sp³-hybridized carbons (Fsp3) is 0.529. The van der Waals surface area contributed by atoms with Gasteiger partial charge in [-0.25, -0.2) is 9.18 Å². The molecule has 2 fully saturated rings. The third-order valence-corrected chi connectivity index (χ3v) is 4.55. The van der Waals surface area contributed by atoms with Gasteiger partial charge in [0.15, 0.2) is 0 Å². The predicted molar refractivity (Wildman–Crippen MR) is 85.5 cm³/mol. The Morgan fingerprint density at radius 1 is 1.00 bits per heavy atom. The van der Waals surface area contributed by atoms with Crippen molar-refractivity contribution in [1.82, 2.24) is 9.80 Å². The number of urea groups is 1. The van der Waals surface area contributed by atoms with E-state index in [2.05, 4.69) is 5.32 Å². The molecular formula is C17H22FN3O2. The molecule has 1 aromatic rings. The lowest BCUT2D eigenvalue weighted by Crippen LogP contribution is -2.48. The standard InChI is InChI=1S/C17H22FN3O2/c18-14-5-7-15(8-6-14)19-16(22)13-4-3-11-21(12-13)17(23)20-9-1-2-10-20/h5-8,13H,1-4,9-12H2,(H,19,22). The molecule has 1 unspecified atom stereocenters. The Bertz CT molecular complexity index is 570. The lowest BCUT2D eigenvalue weighted by atomic mass is 9.97. The second-order valence-electron chi connectivity index (χ2n) is 6.26. The molecule has 0 saturated carbocycles. The van der Waals surface area contributed by atoms with Crippen molar-refractivity contribution in [3.05, 3.63) is 30.1 Å². The number of nitrogens with zero attached hydrogens (tertiary/aromatic N) is 2. The van der Waals surface area contributed by atoms with E-state index in [4.69, 9.17) is 0 Å². The molecule has 1 aromatic carbocycles. The van der Waals surface area contributed by atoms with Gasteiger partial charge in [-0.1, -0.05) is 0 Å². The van der Waals surface area contributed by atoms with Gasteiger partial charge in [0.1, 0.15) is 5.82 Å². The Morgan fingerprint density at radius 3 is 2.35 bits per heavy atom. The Kier molecular flexibility index (Phi) is 4.79. The Hall–Kier alpha value is -2.11. The van der Waals surface area contributed by atoms with Gasteiger partial charge in [0.2, 0.25) is 5.91 Å². The Labute approximate surface area is 135 Å². The molecule has 2 heterocycles. The molecule has 2 aliphatic rings. The summed E-state index contributed by atoms with van der Waals surface area (Å²) in [5.74, 6) is -0.640. The fourth-order valence-electron chi connectivity index (χ4n) is 3.25. The average molecular weight is 319 g/mol. The van der Waals surface area contributed by atoms with Gasteiger partial charge >= 0.3 is 6.03 Å². The molecule has 0 aromatic heterocycles. The highest BCUT2D eigenvalue weighted by Gasteiger charge is 2.31. The van der Waals surface area contributed by atoms with Crippen molar-refractivity contribution in [2.45, 2.75) is 25.7 Å². The summed E-state index contributed by atoms with van der Waals surface area (Å²) < 4.78 is 12.9. The molecule has 23 heavy (non-hydrogen) atoms. The number of carbonyl (C=O) groups excluding carboxylic acids is 2. The van der Waals surface area contributed by atoms with Gasteiger partial charge in [0.25, 0.3) is 0 Å². The van der Waals surface area contributed by atoms with E-state index in [9.17, 15) is 14.0 Å². The summed E-state index contributed by atoms with van der Waals surface area (Å²) in [5.41, 5.74) is 0.583. The van der Waals surface area contributed by atoms with Gasteiger partial charge in [-0.3, -0.25) is 4.79 Å². The summed E-state index contributed by atoms with van der Waals surface area (Å²) in [6.07, 6.45) is 3.74. The molecule has 1 atom stereocenters. The van der Waals surface area contributed by atoms with Crippen molar-refractivity contribution in [1.29, 1.82) is 0 Å². The largest absolute Gasteiger partial charge is 0.326 e. The quantitative estimate of drug-likeness (QED) is 0.911. The molecule has 0 spiro atoms. The molecule has 0 aliphatic carbocycles. The number of nitrogens with one attached hydrogen (secondary N) is 1. The number of anilines is 1. The minimum absolute atomic E-state index is 0.0572. The van der Waals surface area contributed by atoms with Crippen LogP contribution in [-0.4, -0.2) is 47.9 Å². The van der Waals surface area contributed by atoms with Crippen molar-refractivity contribution in [2.24, 2.45) is 5.92 Å². The van der Waals surface area contributed by atoms with Crippen molar-refractivity contribution < 1.29 is 14.0 Å². The molecule has 3 rings (SSSR count). The van der Waals surface area contributed by atoms with Gasteiger partial charge in [-0.15, -0.1) is 0 Å². The number of piperidine rings is 1. The maximum atomic E-state index is 12.9.